The molecule has 2 rings (SSSR count). The molecule has 1 aromatic carbocycles. The van der Waals surface area contributed by atoms with Gasteiger partial charge in [-0.05, 0) is 43.4 Å². The number of carboxylic acids is 1. The monoisotopic (exact) mass is 237 g/mol. The molecule has 0 aliphatic heterocycles. The Morgan fingerprint density at radius 3 is 2.50 bits per heavy atom. The fourth-order valence-corrected chi connectivity index (χ4v) is 2.28. The van der Waals surface area contributed by atoms with E-state index in [0.29, 0.717) is 0 Å². The van der Waals surface area contributed by atoms with Gasteiger partial charge in [0, 0.05) is 16.6 Å². The number of hydrogen-bond donors (Lipinski definition) is 2. The topological polar surface area (TPSA) is 49.3 Å². The van der Waals surface area contributed by atoms with Crippen LogP contribution in [0.4, 0.5) is 5.69 Å². The normalized spacial score (nSPS) is 23.6. The SMILES string of the molecule is CSc1ccc(NC2CCC2C(=O)O)cc1. The van der Waals surface area contributed by atoms with E-state index in [1.807, 2.05) is 30.5 Å². The largest absolute Gasteiger partial charge is 0.481 e. The molecule has 0 aromatic heterocycles. The van der Waals surface area contributed by atoms with E-state index in [1.165, 1.54) is 4.90 Å². The lowest BCUT2D eigenvalue weighted by atomic mass is 9.79. The van der Waals surface area contributed by atoms with Crippen molar-refractivity contribution in [2.75, 3.05) is 11.6 Å². The number of carboxylic acid groups (broad SMARTS) is 1. The number of hydrogen-bond acceptors (Lipinski definition) is 3. The number of anilines is 1. The highest BCUT2D eigenvalue weighted by molar-refractivity contribution is 7.98. The lowest BCUT2D eigenvalue weighted by molar-refractivity contribution is -0.144. The smallest absolute Gasteiger partial charge is 0.308 e. The Morgan fingerprint density at radius 2 is 2.06 bits per heavy atom. The minimum Gasteiger partial charge on any atom is -0.481 e. The molecule has 1 fully saturated rings. The summed E-state index contributed by atoms with van der Waals surface area (Å²) in [6.07, 6.45) is 3.77. The maximum atomic E-state index is 10.8. The molecule has 86 valence electrons. The third-order valence-electron chi connectivity index (χ3n) is 3.03. The van der Waals surface area contributed by atoms with Crippen molar-refractivity contribution in [1.29, 1.82) is 0 Å². The van der Waals surface area contributed by atoms with Crippen LogP contribution in [0.5, 0.6) is 0 Å². The van der Waals surface area contributed by atoms with Gasteiger partial charge in [-0.1, -0.05) is 0 Å². The second-order valence-electron chi connectivity index (χ2n) is 4.00. The maximum absolute atomic E-state index is 10.8. The van der Waals surface area contributed by atoms with E-state index in [0.717, 1.165) is 18.5 Å². The Labute approximate surface area is 99.2 Å². The standard InChI is InChI=1S/C12H15NO2S/c1-16-9-4-2-8(3-5-9)13-11-7-6-10(11)12(14)15/h2-5,10-11,13H,6-7H2,1H3,(H,14,15). The minimum atomic E-state index is -0.690. The Kier molecular flexibility index (Phi) is 3.39. The zero-order chi connectivity index (χ0) is 11.5. The van der Waals surface area contributed by atoms with Gasteiger partial charge < -0.3 is 10.4 Å². The minimum absolute atomic E-state index is 0.0950. The molecule has 3 nitrogen and oxygen atoms in total. The maximum Gasteiger partial charge on any atom is 0.308 e. The third kappa shape index (κ3) is 2.32. The van der Waals surface area contributed by atoms with E-state index in [-0.39, 0.29) is 12.0 Å². The van der Waals surface area contributed by atoms with Crippen LogP contribution in [0.25, 0.3) is 0 Å². The molecule has 0 amide bonds. The van der Waals surface area contributed by atoms with Gasteiger partial charge in [0.05, 0.1) is 5.92 Å². The molecule has 2 atom stereocenters. The zero-order valence-corrected chi connectivity index (χ0v) is 9.96. The Hall–Kier alpha value is -1.16. The third-order valence-corrected chi connectivity index (χ3v) is 3.78. The number of aliphatic carboxylic acids is 1. The predicted octanol–water partition coefficient (Wildman–Crippen LogP) is 2.68. The predicted molar refractivity (Wildman–Crippen MR) is 66.0 cm³/mol. The van der Waals surface area contributed by atoms with Crippen molar-refractivity contribution < 1.29 is 9.90 Å². The van der Waals surface area contributed by atoms with Gasteiger partial charge in [-0.25, -0.2) is 0 Å². The van der Waals surface area contributed by atoms with E-state index in [1.54, 1.807) is 11.8 Å². The number of thioether (sulfide) groups is 1. The lowest BCUT2D eigenvalue weighted by Gasteiger charge is -2.34. The summed E-state index contributed by atoms with van der Waals surface area (Å²) in [5.74, 6) is -0.912. The van der Waals surface area contributed by atoms with Gasteiger partial charge >= 0.3 is 5.97 Å². The van der Waals surface area contributed by atoms with Gasteiger partial charge in [-0.2, -0.15) is 0 Å². The van der Waals surface area contributed by atoms with Crippen molar-refractivity contribution >= 4 is 23.4 Å². The molecular weight excluding hydrogens is 222 g/mol. The second kappa shape index (κ2) is 4.78. The average Bonchev–Trinajstić information content (AvgIpc) is 2.24. The Bertz CT molecular complexity index is 377. The first kappa shape index (κ1) is 11.3. The van der Waals surface area contributed by atoms with Crippen molar-refractivity contribution in [3.8, 4) is 0 Å². The summed E-state index contributed by atoms with van der Waals surface area (Å²) in [6, 6.07) is 8.19. The molecule has 16 heavy (non-hydrogen) atoms. The molecule has 1 saturated carbocycles. The van der Waals surface area contributed by atoms with Crippen LogP contribution in [-0.4, -0.2) is 23.4 Å². The molecule has 0 heterocycles. The summed E-state index contributed by atoms with van der Waals surface area (Å²) in [6.45, 7) is 0. The molecule has 0 spiro atoms. The fraction of sp³-hybridized carbons (Fsp3) is 0.417. The summed E-state index contributed by atoms with van der Waals surface area (Å²) in [5, 5.41) is 12.2. The second-order valence-corrected chi connectivity index (χ2v) is 4.88. The van der Waals surface area contributed by atoms with E-state index in [2.05, 4.69) is 5.32 Å². The quantitative estimate of drug-likeness (QED) is 0.790. The number of carbonyl (C=O) groups is 1. The van der Waals surface area contributed by atoms with E-state index < -0.39 is 5.97 Å². The van der Waals surface area contributed by atoms with Gasteiger partial charge in [0.1, 0.15) is 0 Å². The number of nitrogens with one attached hydrogen (secondary N) is 1. The summed E-state index contributed by atoms with van der Waals surface area (Å²) >= 11 is 1.70. The molecule has 1 aromatic rings. The van der Waals surface area contributed by atoms with Crippen molar-refractivity contribution in [2.24, 2.45) is 5.92 Å². The van der Waals surface area contributed by atoms with Gasteiger partial charge in [0.25, 0.3) is 0 Å². The van der Waals surface area contributed by atoms with Crippen molar-refractivity contribution in [2.45, 2.75) is 23.8 Å². The highest BCUT2D eigenvalue weighted by atomic mass is 32.2. The number of rotatable bonds is 4. The van der Waals surface area contributed by atoms with Gasteiger partial charge in [-0.3, -0.25) is 4.79 Å². The van der Waals surface area contributed by atoms with Crippen molar-refractivity contribution in [3.05, 3.63) is 24.3 Å². The summed E-state index contributed by atoms with van der Waals surface area (Å²) in [5.41, 5.74) is 1.01. The zero-order valence-electron chi connectivity index (χ0n) is 9.14. The molecule has 2 N–H and O–H groups in total. The highest BCUT2D eigenvalue weighted by Gasteiger charge is 2.36. The van der Waals surface area contributed by atoms with Crippen LogP contribution in [0.1, 0.15) is 12.8 Å². The Balaban J connectivity index is 1.96. The average molecular weight is 237 g/mol. The van der Waals surface area contributed by atoms with Crippen LogP contribution in [0.3, 0.4) is 0 Å². The van der Waals surface area contributed by atoms with E-state index >= 15 is 0 Å². The highest BCUT2D eigenvalue weighted by Crippen LogP contribution is 2.31. The molecule has 0 bridgehead atoms. The molecule has 1 aliphatic carbocycles. The summed E-state index contributed by atoms with van der Waals surface area (Å²) in [4.78, 5) is 12.1. The van der Waals surface area contributed by atoms with Crippen molar-refractivity contribution in [3.63, 3.8) is 0 Å². The summed E-state index contributed by atoms with van der Waals surface area (Å²) < 4.78 is 0. The van der Waals surface area contributed by atoms with Crippen LogP contribution in [0.15, 0.2) is 29.2 Å². The van der Waals surface area contributed by atoms with Crippen LogP contribution in [-0.2, 0) is 4.79 Å². The number of benzene rings is 1. The first-order chi connectivity index (χ1) is 7.70. The van der Waals surface area contributed by atoms with Gasteiger partial charge in [0.2, 0.25) is 0 Å². The van der Waals surface area contributed by atoms with Crippen molar-refractivity contribution in [1.82, 2.24) is 0 Å². The molecule has 0 radical (unpaired) electrons. The molecule has 1 aliphatic rings. The van der Waals surface area contributed by atoms with Gasteiger partial charge in [0.15, 0.2) is 0 Å². The molecule has 2 unspecified atom stereocenters. The Morgan fingerprint density at radius 1 is 1.38 bits per heavy atom. The van der Waals surface area contributed by atoms with Crippen LogP contribution >= 0.6 is 11.8 Å². The van der Waals surface area contributed by atoms with Crippen LogP contribution < -0.4 is 5.32 Å². The van der Waals surface area contributed by atoms with Crippen LogP contribution in [0, 0.1) is 5.92 Å². The molecule has 4 heteroatoms. The first-order valence-electron chi connectivity index (χ1n) is 5.34. The van der Waals surface area contributed by atoms with Crippen LogP contribution in [0.2, 0.25) is 0 Å². The fourth-order valence-electron chi connectivity index (χ4n) is 1.87. The van der Waals surface area contributed by atoms with E-state index in [9.17, 15) is 4.79 Å². The van der Waals surface area contributed by atoms with E-state index in [4.69, 9.17) is 5.11 Å². The molecule has 0 saturated heterocycles. The first-order valence-corrected chi connectivity index (χ1v) is 6.56. The summed E-state index contributed by atoms with van der Waals surface area (Å²) in [7, 11) is 0. The van der Waals surface area contributed by atoms with Gasteiger partial charge in [-0.15, -0.1) is 11.8 Å². The lowest BCUT2D eigenvalue weighted by Crippen LogP contribution is -2.42. The molecular formula is C12H15NO2S.